The molecule has 1 aliphatic rings. The van der Waals surface area contributed by atoms with Crippen LogP contribution < -0.4 is 0 Å². The van der Waals surface area contributed by atoms with Crippen LogP contribution in [0.3, 0.4) is 0 Å². The van der Waals surface area contributed by atoms with Gasteiger partial charge in [-0.3, -0.25) is 4.79 Å². The molecule has 1 amide bonds. The predicted octanol–water partition coefficient (Wildman–Crippen LogP) is 1.91. The lowest BCUT2D eigenvalue weighted by Gasteiger charge is -2.33. The molecule has 8 heteroatoms. The number of hydrogen-bond acceptors (Lipinski definition) is 2. The standard InChI is InChI=1S/C12H13F3N2O3/c13-12(14,15)11(20)16-6-3-8(4-7-16)17-5-1-2-9(17)10(18)19/h1-2,5,8H,3-4,6-7H2,(H,18,19). The minimum Gasteiger partial charge on any atom is -0.477 e. The van der Waals surface area contributed by atoms with Crippen molar-refractivity contribution in [3.05, 3.63) is 24.0 Å². The fourth-order valence-electron chi connectivity index (χ4n) is 2.42. The summed E-state index contributed by atoms with van der Waals surface area (Å²) >= 11 is 0. The molecular weight excluding hydrogens is 277 g/mol. The van der Waals surface area contributed by atoms with E-state index in [4.69, 9.17) is 5.11 Å². The highest BCUT2D eigenvalue weighted by atomic mass is 19.4. The van der Waals surface area contributed by atoms with Gasteiger partial charge in [0, 0.05) is 25.3 Å². The number of carbonyl (C=O) groups excluding carboxylic acids is 1. The summed E-state index contributed by atoms with van der Waals surface area (Å²) < 4.78 is 38.4. The maximum Gasteiger partial charge on any atom is 0.471 e. The van der Waals surface area contributed by atoms with Crippen LogP contribution in [0.4, 0.5) is 13.2 Å². The lowest BCUT2D eigenvalue weighted by molar-refractivity contribution is -0.186. The maximum absolute atomic E-state index is 12.3. The van der Waals surface area contributed by atoms with Crippen LogP contribution in [-0.2, 0) is 4.79 Å². The third kappa shape index (κ3) is 2.78. The molecule has 0 saturated carbocycles. The molecule has 1 aromatic heterocycles. The summed E-state index contributed by atoms with van der Waals surface area (Å²) in [5.41, 5.74) is 0.102. The molecule has 0 bridgehead atoms. The first-order valence-corrected chi connectivity index (χ1v) is 6.07. The van der Waals surface area contributed by atoms with Gasteiger partial charge >= 0.3 is 18.1 Å². The Morgan fingerprint density at radius 3 is 2.35 bits per heavy atom. The van der Waals surface area contributed by atoms with Gasteiger partial charge in [-0.1, -0.05) is 0 Å². The molecule has 2 rings (SSSR count). The lowest BCUT2D eigenvalue weighted by Crippen LogP contribution is -2.45. The Kier molecular flexibility index (Phi) is 3.74. The van der Waals surface area contributed by atoms with E-state index in [2.05, 4.69) is 0 Å². The highest BCUT2D eigenvalue weighted by Gasteiger charge is 2.43. The minimum absolute atomic E-state index is 0.0275. The zero-order valence-electron chi connectivity index (χ0n) is 10.4. The number of carbonyl (C=O) groups is 2. The Hall–Kier alpha value is -1.99. The van der Waals surface area contributed by atoms with Gasteiger partial charge < -0.3 is 14.6 Å². The third-order valence-corrected chi connectivity index (χ3v) is 3.39. The lowest BCUT2D eigenvalue weighted by atomic mass is 10.0. The normalized spacial score (nSPS) is 17.2. The van der Waals surface area contributed by atoms with Crippen molar-refractivity contribution in [2.75, 3.05) is 13.1 Å². The minimum atomic E-state index is -4.85. The van der Waals surface area contributed by atoms with Crippen molar-refractivity contribution in [3.8, 4) is 0 Å². The molecule has 0 unspecified atom stereocenters. The van der Waals surface area contributed by atoms with E-state index in [-0.39, 0.29) is 24.8 Å². The Bertz CT molecular complexity index is 516. The van der Waals surface area contributed by atoms with Crippen LogP contribution >= 0.6 is 0 Å². The van der Waals surface area contributed by atoms with E-state index < -0.39 is 18.1 Å². The molecule has 0 atom stereocenters. The molecule has 20 heavy (non-hydrogen) atoms. The number of carboxylic acid groups (broad SMARTS) is 1. The number of piperidine rings is 1. The average molecular weight is 290 g/mol. The molecular formula is C12H13F3N2O3. The number of rotatable bonds is 2. The largest absolute Gasteiger partial charge is 0.477 e. The summed E-state index contributed by atoms with van der Waals surface area (Å²) in [4.78, 5) is 22.8. The van der Waals surface area contributed by atoms with Gasteiger partial charge in [-0.05, 0) is 25.0 Å². The number of amides is 1. The van der Waals surface area contributed by atoms with Gasteiger partial charge in [-0.2, -0.15) is 13.2 Å². The zero-order valence-corrected chi connectivity index (χ0v) is 10.4. The molecule has 0 aromatic carbocycles. The Balaban J connectivity index is 2.03. The van der Waals surface area contributed by atoms with Crippen molar-refractivity contribution >= 4 is 11.9 Å². The van der Waals surface area contributed by atoms with Crippen molar-refractivity contribution in [3.63, 3.8) is 0 Å². The molecule has 0 spiro atoms. The van der Waals surface area contributed by atoms with Crippen LogP contribution in [0, 0.1) is 0 Å². The molecule has 2 heterocycles. The number of hydrogen-bond donors (Lipinski definition) is 1. The number of aromatic nitrogens is 1. The maximum atomic E-state index is 12.3. The zero-order chi connectivity index (χ0) is 14.9. The van der Waals surface area contributed by atoms with E-state index in [0.29, 0.717) is 12.8 Å². The predicted molar refractivity (Wildman–Crippen MR) is 62.3 cm³/mol. The second kappa shape index (κ2) is 5.18. The van der Waals surface area contributed by atoms with Gasteiger partial charge in [0.15, 0.2) is 0 Å². The molecule has 1 fully saturated rings. The van der Waals surface area contributed by atoms with Crippen molar-refractivity contribution in [2.45, 2.75) is 25.1 Å². The molecule has 110 valence electrons. The fourth-order valence-corrected chi connectivity index (χ4v) is 2.42. The molecule has 1 aliphatic heterocycles. The Labute approximate surface area is 112 Å². The van der Waals surface area contributed by atoms with Crippen molar-refractivity contribution < 1.29 is 27.9 Å². The fraction of sp³-hybridized carbons (Fsp3) is 0.500. The molecule has 0 radical (unpaired) electrons. The Morgan fingerprint density at radius 1 is 1.25 bits per heavy atom. The van der Waals surface area contributed by atoms with Crippen molar-refractivity contribution in [1.82, 2.24) is 9.47 Å². The van der Waals surface area contributed by atoms with Gasteiger partial charge in [0.25, 0.3) is 0 Å². The van der Waals surface area contributed by atoms with E-state index in [9.17, 15) is 22.8 Å². The van der Waals surface area contributed by atoms with Gasteiger partial charge in [-0.25, -0.2) is 4.79 Å². The number of likely N-dealkylation sites (tertiary alicyclic amines) is 1. The summed E-state index contributed by atoms with van der Waals surface area (Å²) in [6.07, 6.45) is -2.66. The topological polar surface area (TPSA) is 62.5 Å². The highest BCUT2D eigenvalue weighted by Crippen LogP contribution is 2.27. The number of carboxylic acids is 1. The smallest absolute Gasteiger partial charge is 0.471 e. The quantitative estimate of drug-likeness (QED) is 0.905. The van der Waals surface area contributed by atoms with E-state index in [1.54, 1.807) is 12.3 Å². The first-order valence-electron chi connectivity index (χ1n) is 6.07. The summed E-state index contributed by atoms with van der Waals surface area (Å²) in [6, 6.07) is 2.82. The number of alkyl halides is 3. The summed E-state index contributed by atoms with van der Waals surface area (Å²) in [6.45, 7) is -0.0551. The van der Waals surface area contributed by atoms with Crippen molar-refractivity contribution in [1.29, 1.82) is 0 Å². The summed E-state index contributed by atoms with van der Waals surface area (Å²) in [5.74, 6) is -2.91. The van der Waals surface area contributed by atoms with Crippen LogP contribution in [0.5, 0.6) is 0 Å². The van der Waals surface area contributed by atoms with Crippen LogP contribution in [0.15, 0.2) is 18.3 Å². The number of halogens is 3. The molecule has 1 N–H and O–H groups in total. The van der Waals surface area contributed by atoms with E-state index in [1.807, 2.05) is 0 Å². The monoisotopic (exact) mass is 290 g/mol. The SMILES string of the molecule is O=C(O)c1cccn1C1CCN(C(=O)C(F)(F)F)CC1. The molecule has 1 saturated heterocycles. The second-order valence-electron chi connectivity index (χ2n) is 4.63. The highest BCUT2D eigenvalue weighted by molar-refractivity contribution is 5.86. The Morgan fingerprint density at radius 2 is 1.85 bits per heavy atom. The molecule has 1 aromatic rings. The van der Waals surface area contributed by atoms with E-state index >= 15 is 0 Å². The van der Waals surface area contributed by atoms with Crippen molar-refractivity contribution in [2.24, 2.45) is 0 Å². The van der Waals surface area contributed by atoms with Crippen LogP contribution in [0.2, 0.25) is 0 Å². The van der Waals surface area contributed by atoms with Crippen LogP contribution in [0.25, 0.3) is 0 Å². The number of aromatic carboxylic acids is 1. The average Bonchev–Trinajstić information content (AvgIpc) is 2.86. The van der Waals surface area contributed by atoms with E-state index in [1.165, 1.54) is 10.6 Å². The third-order valence-electron chi connectivity index (χ3n) is 3.39. The second-order valence-corrected chi connectivity index (χ2v) is 4.63. The first-order chi connectivity index (χ1) is 9.30. The first kappa shape index (κ1) is 14.4. The van der Waals surface area contributed by atoms with Gasteiger partial charge in [0.1, 0.15) is 5.69 Å². The van der Waals surface area contributed by atoms with Crippen LogP contribution in [-0.4, -0.2) is 45.7 Å². The van der Waals surface area contributed by atoms with Gasteiger partial charge in [-0.15, -0.1) is 0 Å². The summed E-state index contributed by atoms with van der Waals surface area (Å²) in [7, 11) is 0. The van der Waals surface area contributed by atoms with Gasteiger partial charge in [0.05, 0.1) is 0 Å². The number of nitrogens with zero attached hydrogens (tertiary/aromatic N) is 2. The summed E-state index contributed by atoms with van der Waals surface area (Å²) in [5, 5.41) is 9.00. The van der Waals surface area contributed by atoms with Crippen LogP contribution in [0.1, 0.15) is 29.4 Å². The molecule has 5 nitrogen and oxygen atoms in total. The van der Waals surface area contributed by atoms with Gasteiger partial charge in [0.2, 0.25) is 0 Å². The molecule has 0 aliphatic carbocycles. The van der Waals surface area contributed by atoms with E-state index in [0.717, 1.165) is 4.90 Å².